The lowest BCUT2D eigenvalue weighted by molar-refractivity contribution is 0.0917. The number of aromatic amines is 1. The van der Waals surface area contributed by atoms with Crippen molar-refractivity contribution < 1.29 is 9.53 Å². The summed E-state index contributed by atoms with van der Waals surface area (Å²) < 4.78 is 6.11. The van der Waals surface area contributed by atoms with E-state index in [9.17, 15) is 4.79 Å². The fourth-order valence-corrected chi connectivity index (χ4v) is 5.02. The zero-order chi connectivity index (χ0) is 24.5. The predicted octanol–water partition coefficient (Wildman–Crippen LogP) is 5.01. The normalized spacial score (nSPS) is 18.1. The number of nitrogens with zero attached hydrogens (tertiary/aromatic N) is 2. The summed E-state index contributed by atoms with van der Waals surface area (Å²) in [6.07, 6.45) is 11.0. The summed E-state index contributed by atoms with van der Waals surface area (Å²) in [5.41, 5.74) is 6.71. The van der Waals surface area contributed by atoms with E-state index in [4.69, 9.17) is 9.72 Å². The molecule has 7 heteroatoms. The van der Waals surface area contributed by atoms with Crippen LogP contribution in [0.5, 0.6) is 5.88 Å². The maximum absolute atomic E-state index is 12.8. The van der Waals surface area contributed by atoms with Crippen molar-refractivity contribution in [1.29, 1.82) is 0 Å². The van der Waals surface area contributed by atoms with Gasteiger partial charge in [-0.05, 0) is 86.5 Å². The van der Waals surface area contributed by atoms with Crippen molar-refractivity contribution in [2.24, 2.45) is 0 Å². The van der Waals surface area contributed by atoms with Gasteiger partial charge < -0.3 is 20.4 Å². The average Bonchev–Trinajstić information content (AvgIpc) is 3.30. The Morgan fingerprint density at radius 3 is 2.78 bits per heavy atom. The summed E-state index contributed by atoms with van der Waals surface area (Å²) in [5, 5.41) is 7.57. The first kappa shape index (κ1) is 22.7. The maximum Gasteiger partial charge on any atom is 0.251 e. The summed E-state index contributed by atoms with van der Waals surface area (Å²) in [5.74, 6) is 0.553. The van der Waals surface area contributed by atoms with E-state index >= 15 is 0 Å². The highest BCUT2D eigenvalue weighted by Gasteiger charge is 2.21. The highest BCUT2D eigenvalue weighted by atomic mass is 16.5. The van der Waals surface area contributed by atoms with Crippen LogP contribution < -0.4 is 15.4 Å². The van der Waals surface area contributed by atoms with E-state index in [1.54, 1.807) is 12.4 Å². The molecule has 36 heavy (non-hydrogen) atoms. The molecule has 4 aromatic rings. The zero-order valence-corrected chi connectivity index (χ0v) is 20.5. The number of benzene rings is 2. The van der Waals surface area contributed by atoms with Crippen molar-refractivity contribution in [3.8, 4) is 28.3 Å². The van der Waals surface area contributed by atoms with E-state index in [1.165, 1.54) is 6.42 Å². The molecule has 3 N–H and O–H groups in total. The van der Waals surface area contributed by atoms with Gasteiger partial charge in [0.2, 0.25) is 5.88 Å². The van der Waals surface area contributed by atoms with E-state index in [-0.39, 0.29) is 12.0 Å². The number of nitrogens with one attached hydrogen (secondary N) is 3. The third kappa shape index (κ3) is 4.58. The molecule has 2 aliphatic rings. The molecule has 1 saturated heterocycles. The minimum atomic E-state index is 0.00427. The van der Waals surface area contributed by atoms with E-state index in [0.717, 1.165) is 77.6 Å². The van der Waals surface area contributed by atoms with Gasteiger partial charge in [0.1, 0.15) is 6.10 Å². The minimum absolute atomic E-state index is 0.00427. The molecule has 3 heterocycles. The molecule has 1 atom stereocenters. The van der Waals surface area contributed by atoms with Crippen molar-refractivity contribution in [1.82, 2.24) is 25.6 Å². The van der Waals surface area contributed by atoms with Crippen LogP contribution in [-0.2, 0) is 0 Å². The van der Waals surface area contributed by atoms with Crippen LogP contribution in [0.3, 0.4) is 0 Å². The molecule has 2 aromatic heterocycles. The summed E-state index contributed by atoms with van der Waals surface area (Å²) in [6.45, 7) is 3.95. The van der Waals surface area contributed by atoms with Crippen LogP contribution >= 0.6 is 0 Å². The number of rotatable bonds is 6. The molecule has 184 valence electrons. The number of H-pyrrole nitrogens is 1. The Kier molecular flexibility index (Phi) is 6.15. The van der Waals surface area contributed by atoms with E-state index < -0.39 is 0 Å². The molecule has 6 rings (SSSR count). The van der Waals surface area contributed by atoms with Gasteiger partial charge in [-0.1, -0.05) is 12.1 Å². The Hall–Kier alpha value is -3.71. The molecule has 1 aliphatic carbocycles. The Morgan fingerprint density at radius 1 is 1.06 bits per heavy atom. The van der Waals surface area contributed by atoms with Gasteiger partial charge in [0.25, 0.3) is 5.91 Å². The van der Waals surface area contributed by atoms with E-state index in [0.29, 0.717) is 17.5 Å². The highest BCUT2D eigenvalue weighted by Crippen LogP contribution is 2.33. The van der Waals surface area contributed by atoms with Gasteiger partial charge in [-0.3, -0.25) is 9.78 Å². The molecule has 2 fully saturated rings. The molecule has 0 radical (unpaired) electrons. The number of hydrogen-bond acceptors (Lipinski definition) is 5. The number of ether oxygens (including phenoxy) is 1. The summed E-state index contributed by atoms with van der Waals surface area (Å²) in [6, 6.07) is 12.6. The summed E-state index contributed by atoms with van der Waals surface area (Å²) in [4.78, 5) is 25.3. The largest absolute Gasteiger partial charge is 0.472 e. The number of piperidine rings is 1. The van der Waals surface area contributed by atoms with Crippen molar-refractivity contribution in [3.63, 3.8) is 0 Å². The summed E-state index contributed by atoms with van der Waals surface area (Å²) >= 11 is 0. The zero-order valence-electron chi connectivity index (χ0n) is 20.5. The lowest BCUT2D eigenvalue weighted by Gasteiger charge is -2.26. The lowest BCUT2D eigenvalue weighted by Crippen LogP contribution is -2.39. The first-order valence-electron chi connectivity index (χ1n) is 12.9. The van der Waals surface area contributed by atoms with Crippen molar-refractivity contribution in [2.75, 3.05) is 13.1 Å². The van der Waals surface area contributed by atoms with Gasteiger partial charge in [0, 0.05) is 40.8 Å². The second-order valence-electron chi connectivity index (χ2n) is 9.92. The molecule has 0 spiro atoms. The quantitative estimate of drug-likeness (QED) is 0.360. The van der Waals surface area contributed by atoms with Crippen LogP contribution in [0.4, 0.5) is 0 Å². The number of carbonyl (C=O) groups is 1. The smallest absolute Gasteiger partial charge is 0.251 e. The van der Waals surface area contributed by atoms with Crippen LogP contribution in [-0.4, -0.2) is 46.1 Å². The molecule has 1 aliphatic heterocycles. The average molecular weight is 482 g/mol. The van der Waals surface area contributed by atoms with Crippen LogP contribution in [0, 0.1) is 6.92 Å². The fourth-order valence-electron chi connectivity index (χ4n) is 5.02. The maximum atomic E-state index is 12.8. The van der Waals surface area contributed by atoms with E-state index in [2.05, 4.69) is 45.7 Å². The monoisotopic (exact) mass is 481 g/mol. The highest BCUT2D eigenvalue weighted by molar-refractivity contribution is 5.99. The van der Waals surface area contributed by atoms with Crippen molar-refractivity contribution >= 4 is 16.8 Å². The van der Waals surface area contributed by atoms with Gasteiger partial charge in [-0.25, -0.2) is 4.98 Å². The molecule has 1 amide bonds. The van der Waals surface area contributed by atoms with E-state index in [1.807, 2.05) is 24.4 Å². The van der Waals surface area contributed by atoms with Gasteiger partial charge in [0.05, 0.1) is 18.1 Å². The predicted molar refractivity (Wildman–Crippen MR) is 141 cm³/mol. The number of carbonyl (C=O) groups excluding carboxylic acids is 1. The van der Waals surface area contributed by atoms with Crippen LogP contribution in [0.1, 0.15) is 48.0 Å². The van der Waals surface area contributed by atoms with Crippen molar-refractivity contribution in [3.05, 3.63) is 66.1 Å². The molecule has 0 unspecified atom stereocenters. The van der Waals surface area contributed by atoms with Gasteiger partial charge in [-0.2, -0.15) is 0 Å². The number of aromatic nitrogens is 3. The molecule has 1 saturated carbocycles. The Labute approximate surface area is 210 Å². The minimum Gasteiger partial charge on any atom is -0.472 e. The standard InChI is InChI=1S/C29H31N5O2/c1-18-7-8-20(29(35)33-21-4-2-5-21)13-23(18)19-9-10-26-24(12-19)25(15-32-26)27-16-31-17-28(34-27)36-22-6-3-11-30-14-22/h7-10,12-13,15-17,21-22,30,32H,2-6,11,14H2,1H3,(H,33,35)/t22-/m1/s1. The fraction of sp³-hybridized carbons (Fsp3) is 0.345. The lowest BCUT2D eigenvalue weighted by atomic mass is 9.92. The van der Waals surface area contributed by atoms with Crippen LogP contribution in [0.15, 0.2) is 55.0 Å². The SMILES string of the molecule is Cc1ccc(C(=O)NC2CCC2)cc1-c1ccc2[nH]cc(-c3cncc(O[C@@H]4CCCNC4)n3)c2c1. The first-order chi connectivity index (χ1) is 17.6. The molecule has 0 bridgehead atoms. The number of hydrogen-bond donors (Lipinski definition) is 3. The van der Waals surface area contributed by atoms with Gasteiger partial charge >= 0.3 is 0 Å². The molecular weight excluding hydrogens is 450 g/mol. The first-order valence-corrected chi connectivity index (χ1v) is 12.9. The number of amides is 1. The van der Waals surface area contributed by atoms with Gasteiger partial charge in [0.15, 0.2) is 0 Å². The Morgan fingerprint density at radius 2 is 1.97 bits per heavy atom. The molecule has 7 nitrogen and oxygen atoms in total. The molecular formula is C29H31N5O2. The third-order valence-corrected chi connectivity index (χ3v) is 7.36. The van der Waals surface area contributed by atoms with Gasteiger partial charge in [-0.15, -0.1) is 0 Å². The Bertz CT molecular complexity index is 1400. The van der Waals surface area contributed by atoms with Crippen molar-refractivity contribution in [2.45, 2.75) is 51.2 Å². The second-order valence-corrected chi connectivity index (χ2v) is 9.92. The Balaban J connectivity index is 1.31. The van der Waals surface area contributed by atoms with Crippen LogP contribution in [0.2, 0.25) is 0 Å². The topological polar surface area (TPSA) is 91.9 Å². The van der Waals surface area contributed by atoms with Crippen LogP contribution in [0.25, 0.3) is 33.3 Å². The second kappa shape index (κ2) is 9.74. The third-order valence-electron chi connectivity index (χ3n) is 7.36. The summed E-state index contributed by atoms with van der Waals surface area (Å²) in [7, 11) is 0. The number of fused-ring (bicyclic) bond motifs is 1. The number of aryl methyl sites for hydroxylation is 1. The molecule has 2 aromatic carbocycles.